The van der Waals surface area contributed by atoms with Crippen molar-refractivity contribution >= 4 is 5.97 Å². The third kappa shape index (κ3) is 1.60. The smallest absolute Gasteiger partial charge is 0.352 e. The van der Waals surface area contributed by atoms with Crippen LogP contribution in [-0.4, -0.2) is 15.6 Å². The van der Waals surface area contributed by atoms with Gasteiger partial charge in [0.05, 0.1) is 0 Å². The van der Waals surface area contributed by atoms with E-state index in [0.29, 0.717) is 5.69 Å². The first-order valence-electron chi connectivity index (χ1n) is 5.06. The van der Waals surface area contributed by atoms with Gasteiger partial charge in [-0.3, -0.25) is 0 Å². The highest BCUT2D eigenvalue weighted by atomic mass is 16.4. The van der Waals surface area contributed by atoms with Gasteiger partial charge in [0, 0.05) is 18.3 Å². The molecular weight excluding hydrogens is 202 g/mol. The second kappa shape index (κ2) is 3.85. The van der Waals surface area contributed by atoms with Crippen molar-refractivity contribution < 1.29 is 9.90 Å². The summed E-state index contributed by atoms with van der Waals surface area (Å²) in [6, 6.07) is 11.4. The third-order valence-electron chi connectivity index (χ3n) is 2.76. The number of aryl methyl sites for hydroxylation is 1. The molecule has 0 aliphatic heterocycles. The van der Waals surface area contributed by atoms with E-state index in [1.54, 1.807) is 17.7 Å². The van der Waals surface area contributed by atoms with E-state index < -0.39 is 5.97 Å². The maximum Gasteiger partial charge on any atom is 0.352 e. The zero-order chi connectivity index (χ0) is 11.7. The number of aromatic carboxylic acids is 1. The minimum absolute atomic E-state index is 0.304. The Balaban J connectivity index is 2.58. The van der Waals surface area contributed by atoms with Gasteiger partial charge in [-0.05, 0) is 24.6 Å². The molecule has 3 heteroatoms. The van der Waals surface area contributed by atoms with Crippen LogP contribution >= 0.6 is 0 Å². The van der Waals surface area contributed by atoms with E-state index in [4.69, 9.17) is 5.11 Å². The first-order chi connectivity index (χ1) is 7.61. The largest absolute Gasteiger partial charge is 0.477 e. The number of aromatic nitrogens is 1. The van der Waals surface area contributed by atoms with Gasteiger partial charge in [-0.2, -0.15) is 0 Å². The monoisotopic (exact) mass is 215 g/mol. The Morgan fingerprint density at radius 2 is 1.88 bits per heavy atom. The van der Waals surface area contributed by atoms with Gasteiger partial charge in [-0.1, -0.05) is 24.3 Å². The third-order valence-corrected chi connectivity index (χ3v) is 2.76. The summed E-state index contributed by atoms with van der Waals surface area (Å²) in [5, 5.41) is 8.97. The quantitative estimate of drug-likeness (QED) is 0.836. The number of nitrogens with zero attached hydrogens (tertiary/aromatic N) is 1. The molecular formula is C13H13NO2. The Kier molecular flexibility index (Phi) is 2.52. The van der Waals surface area contributed by atoms with Crippen LogP contribution in [0.15, 0.2) is 36.4 Å². The molecule has 82 valence electrons. The number of benzene rings is 1. The molecule has 0 radical (unpaired) electrons. The zero-order valence-corrected chi connectivity index (χ0v) is 9.27. The fourth-order valence-electron chi connectivity index (χ4n) is 1.86. The Morgan fingerprint density at radius 1 is 1.19 bits per heavy atom. The minimum Gasteiger partial charge on any atom is -0.477 e. The first-order valence-corrected chi connectivity index (χ1v) is 5.06. The van der Waals surface area contributed by atoms with Crippen molar-refractivity contribution in [2.45, 2.75) is 6.92 Å². The predicted octanol–water partition coefficient (Wildman–Crippen LogP) is 2.70. The molecule has 0 saturated carbocycles. The van der Waals surface area contributed by atoms with Crippen LogP contribution in [0.2, 0.25) is 0 Å². The van der Waals surface area contributed by atoms with Gasteiger partial charge in [-0.25, -0.2) is 4.79 Å². The standard InChI is InChI=1S/C13H13NO2/c1-9-5-3-4-6-10(9)11-7-8-12(13(15)16)14(11)2/h3-8H,1-2H3,(H,15,16). The van der Waals surface area contributed by atoms with E-state index in [2.05, 4.69) is 0 Å². The second-order valence-electron chi connectivity index (χ2n) is 3.78. The van der Waals surface area contributed by atoms with Crippen molar-refractivity contribution in [1.29, 1.82) is 0 Å². The molecule has 0 spiro atoms. The lowest BCUT2D eigenvalue weighted by Gasteiger charge is -2.08. The Morgan fingerprint density at radius 3 is 2.44 bits per heavy atom. The topological polar surface area (TPSA) is 42.2 Å². The van der Waals surface area contributed by atoms with Gasteiger partial charge < -0.3 is 9.67 Å². The zero-order valence-electron chi connectivity index (χ0n) is 9.27. The molecule has 2 aromatic rings. The first kappa shape index (κ1) is 10.5. The normalized spacial score (nSPS) is 10.4. The minimum atomic E-state index is -0.901. The molecule has 16 heavy (non-hydrogen) atoms. The maximum absolute atomic E-state index is 10.9. The van der Waals surface area contributed by atoms with Gasteiger partial charge in [0.25, 0.3) is 0 Å². The average Bonchev–Trinajstić information content (AvgIpc) is 2.61. The summed E-state index contributed by atoms with van der Waals surface area (Å²) in [6.07, 6.45) is 0. The lowest BCUT2D eigenvalue weighted by molar-refractivity contribution is 0.0687. The molecule has 0 aliphatic rings. The molecule has 0 bridgehead atoms. The molecule has 0 amide bonds. The summed E-state index contributed by atoms with van der Waals surface area (Å²) >= 11 is 0. The van der Waals surface area contributed by atoms with Gasteiger partial charge >= 0.3 is 5.97 Å². The molecule has 3 nitrogen and oxygen atoms in total. The highest BCUT2D eigenvalue weighted by Crippen LogP contribution is 2.24. The van der Waals surface area contributed by atoms with Crippen LogP contribution in [0.1, 0.15) is 16.1 Å². The summed E-state index contributed by atoms with van der Waals surface area (Å²) in [6.45, 7) is 2.02. The molecule has 0 unspecified atom stereocenters. The molecule has 0 aliphatic carbocycles. The molecule has 0 saturated heterocycles. The van der Waals surface area contributed by atoms with Gasteiger partial charge in [0.1, 0.15) is 5.69 Å². The number of rotatable bonds is 2. The molecule has 1 N–H and O–H groups in total. The predicted molar refractivity (Wildman–Crippen MR) is 62.5 cm³/mol. The number of carboxylic acids is 1. The molecule has 0 atom stereocenters. The Bertz CT molecular complexity index is 541. The SMILES string of the molecule is Cc1ccccc1-c1ccc(C(=O)O)n1C. The second-order valence-corrected chi connectivity index (χ2v) is 3.78. The van der Waals surface area contributed by atoms with Gasteiger partial charge in [0.2, 0.25) is 0 Å². The summed E-state index contributed by atoms with van der Waals surface area (Å²) in [5.74, 6) is -0.901. The summed E-state index contributed by atoms with van der Waals surface area (Å²) in [7, 11) is 1.77. The molecule has 1 heterocycles. The van der Waals surface area contributed by atoms with Crippen molar-refractivity contribution in [1.82, 2.24) is 4.57 Å². The van der Waals surface area contributed by atoms with Crippen LogP contribution in [0, 0.1) is 6.92 Å². The van der Waals surface area contributed by atoms with Crippen LogP contribution < -0.4 is 0 Å². The van der Waals surface area contributed by atoms with Crippen molar-refractivity contribution in [3.63, 3.8) is 0 Å². The van der Waals surface area contributed by atoms with E-state index in [1.165, 1.54) is 0 Å². The molecule has 1 aromatic carbocycles. The fourth-order valence-corrected chi connectivity index (χ4v) is 1.86. The Hall–Kier alpha value is -2.03. The van der Waals surface area contributed by atoms with E-state index >= 15 is 0 Å². The molecule has 2 rings (SSSR count). The van der Waals surface area contributed by atoms with Crippen LogP contribution in [0.25, 0.3) is 11.3 Å². The van der Waals surface area contributed by atoms with Gasteiger partial charge in [0.15, 0.2) is 0 Å². The van der Waals surface area contributed by atoms with Crippen molar-refractivity contribution in [2.75, 3.05) is 0 Å². The van der Waals surface area contributed by atoms with E-state index in [-0.39, 0.29) is 0 Å². The van der Waals surface area contributed by atoms with Crippen LogP contribution in [0.4, 0.5) is 0 Å². The summed E-state index contributed by atoms with van der Waals surface area (Å²) in [4.78, 5) is 10.9. The number of carboxylic acid groups (broad SMARTS) is 1. The highest BCUT2D eigenvalue weighted by molar-refractivity contribution is 5.87. The van der Waals surface area contributed by atoms with E-state index in [9.17, 15) is 4.79 Å². The lowest BCUT2D eigenvalue weighted by Crippen LogP contribution is -2.05. The number of hydrogen-bond donors (Lipinski definition) is 1. The van der Waals surface area contributed by atoms with Gasteiger partial charge in [-0.15, -0.1) is 0 Å². The van der Waals surface area contributed by atoms with Crippen molar-refractivity contribution in [3.8, 4) is 11.3 Å². The fraction of sp³-hybridized carbons (Fsp3) is 0.154. The molecule has 0 fully saturated rings. The van der Waals surface area contributed by atoms with Crippen LogP contribution in [0.5, 0.6) is 0 Å². The van der Waals surface area contributed by atoms with Crippen LogP contribution in [-0.2, 0) is 7.05 Å². The number of hydrogen-bond acceptors (Lipinski definition) is 1. The summed E-state index contributed by atoms with van der Waals surface area (Å²) in [5.41, 5.74) is 3.44. The van der Waals surface area contributed by atoms with E-state index in [0.717, 1.165) is 16.8 Å². The maximum atomic E-state index is 10.9. The van der Waals surface area contributed by atoms with Crippen molar-refractivity contribution in [3.05, 3.63) is 47.7 Å². The highest BCUT2D eigenvalue weighted by Gasteiger charge is 2.12. The van der Waals surface area contributed by atoms with Crippen molar-refractivity contribution in [2.24, 2.45) is 7.05 Å². The van der Waals surface area contributed by atoms with E-state index in [1.807, 2.05) is 37.3 Å². The molecule has 1 aromatic heterocycles. The summed E-state index contributed by atoms with van der Waals surface area (Å²) < 4.78 is 1.70. The number of carbonyl (C=O) groups is 1. The average molecular weight is 215 g/mol. The van der Waals surface area contributed by atoms with Crippen LogP contribution in [0.3, 0.4) is 0 Å². The Labute approximate surface area is 94.0 Å². The lowest BCUT2D eigenvalue weighted by atomic mass is 10.1.